The molecule has 2 aromatic heterocycles. The molecule has 0 radical (unpaired) electrons. The molecule has 0 N–H and O–H groups in total. The summed E-state index contributed by atoms with van der Waals surface area (Å²) in [5.74, 6) is 0. The number of nitrogens with zero attached hydrogens (tertiary/aromatic N) is 3. The van der Waals surface area contributed by atoms with Gasteiger partial charge in [-0.05, 0) is 6.07 Å². The Kier molecular flexibility index (Phi) is 5.17. The molecule has 8 heteroatoms. The molecule has 0 aliphatic rings. The van der Waals surface area contributed by atoms with Gasteiger partial charge in [0.25, 0.3) is 5.56 Å². The number of ether oxygens (including phenoxy) is 2. The molecule has 0 saturated heterocycles. The molecule has 0 aliphatic carbocycles. The van der Waals surface area contributed by atoms with Crippen LogP contribution in [0.3, 0.4) is 0 Å². The van der Waals surface area contributed by atoms with Crippen LogP contribution in [0.2, 0.25) is 0 Å². The number of methoxy groups -OCH3 is 2. The minimum absolute atomic E-state index is 0.334. The standard InChI is InChI=1S/C18H20BrN3O4/c1-20-13-9-22(10-14(25-3)26-4)16(11-7-5-6-8-12(11)19)15(13)17(23)21(2)18(20)24/h5-9,14H,10H2,1-4H3. The van der Waals surface area contributed by atoms with Gasteiger partial charge in [0.2, 0.25) is 0 Å². The fraction of sp³-hybridized carbons (Fsp3) is 0.333. The average Bonchev–Trinajstić information content (AvgIpc) is 3.02. The predicted molar refractivity (Wildman–Crippen MR) is 103 cm³/mol. The van der Waals surface area contributed by atoms with Gasteiger partial charge < -0.3 is 14.0 Å². The Labute approximate surface area is 158 Å². The highest BCUT2D eigenvalue weighted by atomic mass is 79.9. The lowest BCUT2D eigenvalue weighted by molar-refractivity contribution is -0.110. The molecule has 0 amide bonds. The third-order valence-electron chi connectivity index (χ3n) is 4.51. The van der Waals surface area contributed by atoms with Crippen molar-refractivity contribution in [1.82, 2.24) is 13.7 Å². The minimum Gasteiger partial charge on any atom is -0.354 e. The SMILES string of the molecule is COC(Cn1cc2c(c1-c1ccccc1Br)c(=O)n(C)c(=O)n2C)OC. The second kappa shape index (κ2) is 7.22. The van der Waals surface area contributed by atoms with Crippen LogP contribution >= 0.6 is 15.9 Å². The fourth-order valence-corrected chi connectivity index (χ4v) is 3.55. The first-order chi connectivity index (χ1) is 12.4. The predicted octanol–water partition coefficient (Wildman–Crippen LogP) is 2.09. The van der Waals surface area contributed by atoms with Crippen molar-refractivity contribution in [2.45, 2.75) is 12.8 Å². The highest BCUT2D eigenvalue weighted by Crippen LogP contribution is 2.33. The smallest absolute Gasteiger partial charge is 0.330 e. The molecule has 3 aromatic rings. The van der Waals surface area contributed by atoms with Gasteiger partial charge in [0, 0.05) is 44.5 Å². The molecule has 1 aromatic carbocycles. The first-order valence-corrected chi connectivity index (χ1v) is 8.79. The monoisotopic (exact) mass is 421 g/mol. The van der Waals surface area contributed by atoms with Crippen molar-refractivity contribution in [1.29, 1.82) is 0 Å². The van der Waals surface area contributed by atoms with E-state index in [1.807, 2.05) is 28.8 Å². The van der Waals surface area contributed by atoms with Crippen LogP contribution in [-0.4, -0.2) is 34.2 Å². The highest BCUT2D eigenvalue weighted by molar-refractivity contribution is 9.10. The van der Waals surface area contributed by atoms with Gasteiger partial charge in [-0.2, -0.15) is 0 Å². The first kappa shape index (κ1) is 18.6. The molecular formula is C18H20BrN3O4. The van der Waals surface area contributed by atoms with E-state index >= 15 is 0 Å². The van der Waals surface area contributed by atoms with Crippen molar-refractivity contribution >= 4 is 26.8 Å². The van der Waals surface area contributed by atoms with Gasteiger partial charge in [0.15, 0.2) is 6.29 Å². The van der Waals surface area contributed by atoms with Gasteiger partial charge >= 0.3 is 5.69 Å². The van der Waals surface area contributed by atoms with Crippen LogP contribution in [-0.2, 0) is 30.1 Å². The number of halogens is 1. The number of fused-ring (bicyclic) bond motifs is 1. The summed E-state index contributed by atoms with van der Waals surface area (Å²) in [6.07, 6.45) is 1.30. The number of aryl methyl sites for hydroxylation is 1. The van der Waals surface area contributed by atoms with Crippen LogP contribution in [0.4, 0.5) is 0 Å². The summed E-state index contributed by atoms with van der Waals surface area (Å²) in [6, 6.07) is 7.65. The molecular weight excluding hydrogens is 402 g/mol. The maximum absolute atomic E-state index is 12.9. The maximum atomic E-state index is 12.9. The Bertz CT molecular complexity index is 1080. The summed E-state index contributed by atoms with van der Waals surface area (Å²) in [6.45, 7) is 0.371. The number of hydrogen-bond donors (Lipinski definition) is 0. The van der Waals surface area contributed by atoms with Crippen molar-refractivity contribution in [2.75, 3.05) is 14.2 Å². The van der Waals surface area contributed by atoms with Crippen molar-refractivity contribution in [3.05, 3.63) is 55.8 Å². The Hall–Kier alpha value is -2.16. The lowest BCUT2D eigenvalue weighted by Gasteiger charge is -2.17. The van der Waals surface area contributed by atoms with E-state index < -0.39 is 6.29 Å². The molecule has 0 fully saturated rings. The van der Waals surface area contributed by atoms with Crippen molar-refractivity contribution < 1.29 is 9.47 Å². The van der Waals surface area contributed by atoms with E-state index in [0.717, 1.165) is 14.6 Å². The van der Waals surface area contributed by atoms with Crippen molar-refractivity contribution in [3.63, 3.8) is 0 Å². The van der Waals surface area contributed by atoms with E-state index in [0.29, 0.717) is 23.1 Å². The van der Waals surface area contributed by atoms with Gasteiger partial charge in [0.1, 0.15) is 0 Å². The molecule has 138 valence electrons. The largest absolute Gasteiger partial charge is 0.354 e. The van der Waals surface area contributed by atoms with Crippen LogP contribution in [0.1, 0.15) is 0 Å². The fourth-order valence-electron chi connectivity index (χ4n) is 3.08. The van der Waals surface area contributed by atoms with Crippen molar-refractivity contribution in [3.8, 4) is 11.3 Å². The van der Waals surface area contributed by atoms with E-state index in [1.165, 1.54) is 11.6 Å². The van der Waals surface area contributed by atoms with Crippen LogP contribution < -0.4 is 11.2 Å². The highest BCUT2D eigenvalue weighted by Gasteiger charge is 2.22. The maximum Gasteiger partial charge on any atom is 0.330 e. The molecule has 3 rings (SSSR count). The third kappa shape index (κ3) is 2.94. The van der Waals surface area contributed by atoms with Gasteiger partial charge in [-0.3, -0.25) is 13.9 Å². The Balaban J connectivity index is 2.44. The molecule has 0 unspecified atom stereocenters. The van der Waals surface area contributed by atoms with Crippen molar-refractivity contribution in [2.24, 2.45) is 14.1 Å². The second-order valence-corrected chi connectivity index (χ2v) is 6.83. The van der Waals surface area contributed by atoms with Gasteiger partial charge in [-0.15, -0.1) is 0 Å². The molecule has 2 heterocycles. The minimum atomic E-state index is -0.487. The normalized spacial score (nSPS) is 11.6. The zero-order valence-electron chi connectivity index (χ0n) is 15.0. The van der Waals surface area contributed by atoms with E-state index in [9.17, 15) is 9.59 Å². The van der Waals surface area contributed by atoms with E-state index in [4.69, 9.17) is 9.47 Å². The van der Waals surface area contributed by atoms with Crippen LogP contribution in [0.25, 0.3) is 22.2 Å². The van der Waals surface area contributed by atoms with Crippen LogP contribution in [0, 0.1) is 0 Å². The first-order valence-electron chi connectivity index (χ1n) is 8.00. The summed E-state index contributed by atoms with van der Waals surface area (Å²) in [5.41, 5.74) is 1.43. The summed E-state index contributed by atoms with van der Waals surface area (Å²) < 4.78 is 16.0. The number of rotatable bonds is 5. The van der Waals surface area contributed by atoms with Gasteiger partial charge in [0.05, 0.1) is 23.1 Å². The Morgan fingerprint density at radius 2 is 1.73 bits per heavy atom. The van der Waals surface area contributed by atoms with Gasteiger partial charge in [-0.1, -0.05) is 34.1 Å². The number of aromatic nitrogens is 3. The molecule has 0 bridgehead atoms. The molecule has 7 nitrogen and oxygen atoms in total. The lowest BCUT2D eigenvalue weighted by atomic mass is 10.1. The lowest BCUT2D eigenvalue weighted by Crippen LogP contribution is -2.36. The van der Waals surface area contributed by atoms with E-state index in [2.05, 4.69) is 15.9 Å². The molecule has 0 saturated carbocycles. The van der Waals surface area contributed by atoms with Gasteiger partial charge in [-0.25, -0.2) is 4.79 Å². The van der Waals surface area contributed by atoms with E-state index in [1.54, 1.807) is 27.5 Å². The number of hydrogen-bond acceptors (Lipinski definition) is 4. The summed E-state index contributed by atoms with van der Waals surface area (Å²) in [4.78, 5) is 25.2. The molecule has 0 spiro atoms. The summed E-state index contributed by atoms with van der Waals surface area (Å²) in [7, 11) is 6.26. The molecule has 0 aliphatic heterocycles. The topological polar surface area (TPSA) is 67.4 Å². The zero-order valence-corrected chi connectivity index (χ0v) is 16.6. The number of benzene rings is 1. The second-order valence-electron chi connectivity index (χ2n) is 5.98. The summed E-state index contributed by atoms with van der Waals surface area (Å²) in [5, 5.41) is 0.479. The third-order valence-corrected chi connectivity index (χ3v) is 5.20. The van der Waals surface area contributed by atoms with Crippen LogP contribution in [0.5, 0.6) is 0 Å². The average molecular weight is 422 g/mol. The molecule has 0 atom stereocenters. The van der Waals surface area contributed by atoms with Crippen LogP contribution in [0.15, 0.2) is 44.5 Å². The van der Waals surface area contributed by atoms with E-state index in [-0.39, 0.29) is 11.2 Å². The Morgan fingerprint density at radius 3 is 2.35 bits per heavy atom. The quantitative estimate of drug-likeness (QED) is 0.591. The Morgan fingerprint density at radius 1 is 1.08 bits per heavy atom. The zero-order chi connectivity index (χ0) is 19.0. The molecule has 26 heavy (non-hydrogen) atoms. The summed E-state index contributed by atoms with van der Waals surface area (Å²) >= 11 is 3.56.